The third kappa shape index (κ3) is 6.58. The molecule has 0 aliphatic heterocycles. The molecule has 0 saturated heterocycles. The summed E-state index contributed by atoms with van der Waals surface area (Å²) in [7, 11) is 1.61. The van der Waals surface area contributed by atoms with Gasteiger partial charge in [-0.2, -0.15) is 0 Å². The Bertz CT molecular complexity index is 689. The number of nitrogens with one attached hydrogen (secondary N) is 3. The third-order valence-corrected chi connectivity index (χ3v) is 3.27. The topological polar surface area (TPSA) is 92.6 Å². The van der Waals surface area contributed by atoms with E-state index in [1.54, 1.807) is 37.4 Å². The van der Waals surface area contributed by atoms with Gasteiger partial charge >= 0.3 is 0 Å². The number of amides is 2. The van der Waals surface area contributed by atoms with Crippen molar-refractivity contribution in [2.45, 2.75) is 6.92 Å². The molecule has 8 heteroatoms. The van der Waals surface area contributed by atoms with Crippen molar-refractivity contribution >= 4 is 35.6 Å². The molecule has 0 atom stereocenters. The van der Waals surface area contributed by atoms with E-state index in [0.29, 0.717) is 24.5 Å². The highest BCUT2D eigenvalue weighted by molar-refractivity contribution is 6.03. The molecule has 25 heavy (non-hydrogen) atoms. The van der Waals surface area contributed by atoms with Crippen LogP contribution in [0.5, 0.6) is 0 Å². The fourth-order valence-corrected chi connectivity index (χ4v) is 2.05. The van der Waals surface area contributed by atoms with Gasteiger partial charge in [0.25, 0.3) is 5.91 Å². The van der Waals surface area contributed by atoms with E-state index in [0.717, 1.165) is 5.56 Å². The fraction of sp³-hybridized carbons (Fsp3) is 0.294. The molecule has 1 heterocycles. The second-order valence-corrected chi connectivity index (χ2v) is 5.18. The SMILES string of the molecule is COCCNCC(=O)Nc1ccc(NC(=O)c2ccco2)c(C)c1.Cl. The zero-order chi connectivity index (χ0) is 17.4. The van der Waals surface area contributed by atoms with Gasteiger partial charge in [0.2, 0.25) is 5.91 Å². The van der Waals surface area contributed by atoms with Crippen LogP contribution < -0.4 is 16.0 Å². The van der Waals surface area contributed by atoms with Crippen LogP contribution in [0.3, 0.4) is 0 Å². The van der Waals surface area contributed by atoms with Gasteiger partial charge in [0, 0.05) is 25.0 Å². The van der Waals surface area contributed by atoms with Gasteiger partial charge in [-0.3, -0.25) is 9.59 Å². The van der Waals surface area contributed by atoms with Gasteiger partial charge in [-0.1, -0.05) is 0 Å². The summed E-state index contributed by atoms with van der Waals surface area (Å²) < 4.78 is 9.95. The van der Waals surface area contributed by atoms with Gasteiger partial charge < -0.3 is 25.1 Å². The number of aryl methyl sites for hydroxylation is 1. The average Bonchev–Trinajstić information content (AvgIpc) is 3.09. The number of carbonyl (C=O) groups is 2. The first-order valence-electron chi connectivity index (χ1n) is 7.55. The number of hydrogen-bond acceptors (Lipinski definition) is 5. The van der Waals surface area contributed by atoms with Crippen LogP contribution >= 0.6 is 12.4 Å². The minimum atomic E-state index is -0.317. The second kappa shape index (κ2) is 10.5. The number of ether oxygens (including phenoxy) is 1. The lowest BCUT2D eigenvalue weighted by molar-refractivity contribution is -0.115. The molecular formula is C17H22ClN3O4. The first-order valence-corrected chi connectivity index (χ1v) is 7.55. The summed E-state index contributed by atoms with van der Waals surface area (Å²) in [5.41, 5.74) is 2.16. The van der Waals surface area contributed by atoms with E-state index in [2.05, 4.69) is 16.0 Å². The molecule has 136 valence electrons. The van der Waals surface area contributed by atoms with Crippen LogP contribution in [-0.4, -0.2) is 38.6 Å². The Morgan fingerprint density at radius 3 is 2.64 bits per heavy atom. The van der Waals surface area contributed by atoms with Crippen LogP contribution in [0.25, 0.3) is 0 Å². The summed E-state index contributed by atoms with van der Waals surface area (Å²) in [5, 5.41) is 8.53. The van der Waals surface area contributed by atoms with Gasteiger partial charge in [-0.15, -0.1) is 12.4 Å². The average molecular weight is 368 g/mol. The number of carbonyl (C=O) groups excluding carboxylic acids is 2. The molecule has 0 aliphatic rings. The van der Waals surface area contributed by atoms with Crippen molar-refractivity contribution in [3.63, 3.8) is 0 Å². The molecule has 0 radical (unpaired) electrons. The Kier molecular flexibility index (Phi) is 8.69. The van der Waals surface area contributed by atoms with E-state index in [-0.39, 0.29) is 36.5 Å². The van der Waals surface area contributed by atoms with Crippen LogP contribution in [0.15, 0.2) is 41.0 Å². The zero-order valence-electron chi connectivity index (χ0n) is 14.1. The number of methoxy groups -OCH3 is 1. The largest absolute Gasteiger partial charge is 0.459 e. The number of anilines is 2. The fourth-order valence-electron chi connectivity index (χ4n) is 2.05. The van der Waals surface area contributed by atoms with E-state index < -0.39 is 0 Å². The minimum Gasteiger partial charge on any atom is -0.459 e. The maximum atomic E-state index is 12.0. The Balaban J connectivity index is 0.00000312. The highest BCUT2D eigenvalue weighted by Gasteiger charge is 2.11. The first kappa shape index (κ1) is 20.7. The highest BCUT2D eigenvalue weighted by atomic mass is 35.5. The first-order chi connectivity index (χ1) is 11.6. The molecule has 0 unspecified atom stereocenters. The van der Waals surface area contributed by atoms with Crippen molar-refractivity contribution in [2.24, 2.45) is 0 Å². The summed E-state index contributed by atoms with van der Waals surface area (Å²) in [6.45, 7) is 3.22. The summed E-state index contributed by atoms with van der Waals surface area (Å²) in [6.07, 6.45) is 1.45. The molecule has 1 aromatic carbocycles. The molecule has 2 aromatic rings. The van der Waals surface area contributed by atoms with Crippen molar-refractivity contribution in [1.82, 2.24) is 5.32 Å². The molecule has 3 N–H and O–H groups in total. The molecule has 7 nitrogen and oxygen atoms in total. The summed E-state index contributed by atoms with van der Waals surface area (Å²) in [6, 6.07) is 8.52. The minimum absolute atomic E-state index is 0. The molecule has 1 aromatic heterocycles. The predicted octanol–water partition coefficient (Wildman–Crippen LogP) is 2.44. The van der Waals surface area contributed by atoms with Crippen molar-refractivity contribution in [2.75, 3.05) is 37.4 Å². The van der Waals surface area contributed by atoms with E-state index in [1.807, 2.05) is 6.92 Å². The number of rotatable bonds is 8. The second-order valence-electron chi connectivity index (χ2n) is 5.18. The maximum absolute atomic E-state index is 12.0. The standard InChI is InChI=1S/C17H21N3O4.ClH/c1-12-10-13(19-16(21)11-18-7-9-23-2)5-6-14(12)20-17(22)15-4-3-8-24-15;/h3-6,8,10,18H,7,9,11H2,1-2H3,(H,19,21)(H,20,22);1H. The van der Waals surface area contributed by atoms with Crippen molar-refractivity contribution in [3.05, 3.63) is 47.9 Å². The van der Waals surface area contributed by atoms with E-state index in [9.17, 15) is 9.59 Å². The number of furan rings is 1. The van der Waals surface area contributed by atoms with Gasteiger partial charge in [-0.05, 0) is 42.8 Å². The van der Waals surface area contributed by atoms with Crippen molar-refractivity contribution in [1.29, 1.82) is 0 Å². The van der Waals surface area contributed by atoms with E-state index in [4.69, 9.17) is 9.15 Å². The number of hydrogen-bond donors (Lipinski definition) is 3. The molecule has 0 bridgehead atoms. The van der Waals surface area contributed by atoms with Crippen molar-refractivity contribution in [3.8, 4) is 0 Å². The van der Waals surface area contributed by atoms with Crippen LogP contribution in [0, 0.1) is 6.92 Å². The molecule has 2 rings (SSSR count). The lowest BCUT2D eigenvalue weighted by Gasteiger charge is -2.11. The Labute approximate surface area is 152 Å². The zero-order valence-corrected chi connectivity index (χ0v) is 14.9. The van der Waals surface area contributed by atoms with E-state index >= 15 is 0 Å². The Hall–Kier alpha value is -2.35. The summed E-state index contributed by atoms with van der Waals surface area (Å²) >= 11 is 0. The highest BCUT2D eigenvalue weighted by Crippen LogP contribution is 2.20. The van der Waals surface area contributed by atoms with Gasteiger partial charge in [-0.25, -0.2) is 0 Å². The number of benzene rings is 1. The summed E-state index contributed by atoms with van der Waals surface area (Å²) in [5.74, 6) is -0.214. The lowest BCUT2D eigenvalue weighted by atomic mass is 10.1. The van der Waals surface area contributed by atoms with Gasteiger partial charge in [0.05, 0.1) is 19.4 Å². The van der Waals surface area contributed by atoms with Crippen molar-refractivity contribution < 1.29 is 18.7 Å². The molecule has 0 saturated carbocycles. The lowest BCUT2D eigenvalue weighted by Crippen LogP contribution is -2.30. The Morgan fingerprint density at radius 2 is 2.00 bits per heavy atom. The van der Waals surface area contributed by atoms with Crippen LogP contribution in [0.4, 0.5) is 11.4 Å². The van der Waals surface area contributed by atoms with Gasteiger partial charge in [0.15, 0.2) is 5.76 Å². The molecular weight excluding hydrogens is 346 g/mol. The van der Waals surface area contributed by atoms with Gasteiger partial charge in [0.1, 0.15) is 0 Å². The smallest absolute Gasteiger partial charge is 0.291 e. The van der Waals surface area contributed by atoms with Crippen LogP contribution in [0.2, 0.25) is 0 Å². The third-order valence-electron chi connectivity index (χ3n) is 3.27. The van der Waals surface area contributed by atoms with Crippen LogP contribution in [0.1, 0.15) is 16.1 Å². The molecule has 0 spiro atoms. The monoisotopic (exact) mass is 367 g/mol. The Morgan fingerprint density at radius 1 is 1.20 bits per heavy atom. The summed E-state index contributed by atoms with van der Waals surface area (Å²) in [4.78, 5) is 23.8. The van der Waals surface area contributed by atoms with Crippen LogP contribution in [-0.2, 0) is 9.53 Å². The normalized spacial score (nSPS) is 10.0. The molecule has 0 fully saturated rings. The predicted molar refractivity (Wildman–Crippen MR) is 98.5 cm³/mol. The quantitative estimate of drug-likeness (QED) is 0.623. The number of halogens is 1. The van der Waals surface area contributed by atoms with E-state index in [1.165, 1.54) is 6.26 Å². The maximum Gasteiger partial charge on any atom is 0.291 e. The molecule has 2 amide bonds. The molecule has 0 aliphatic carbocycles.